The summed E-state index contributed by atoms with van der Waals surface area (Å²) in [5, 5.41) is 16.1. The molecule has 0 N–H and O–H groups in total. The lowest BCUT2D eigenvalue weighted by molar-refractivity contribution is -0.384. The molecule has 3 fully saturated rings. The molecule has 178 valence electrons. The number of non-ortho nitro benzene ring substituents is 1. The van der Waals surface area contributed by atoms with E-state index in [4.69, 9.17) is 9.47 Å². The van der Waals surface area contributed by atoms with E-state index < -0.39 is 4.92 Å². The molecular formula is C26H23N3O6. The number of methoxy groups -OCH3 is 1. The number of nitro benzene ring substituents is 1. The molecule has 2 saturated carbocycles. The molecule has 0 radical (unpaired) electrons. The van der Waals surface area contributed by atoms with Crippen molar-refractivity contribution in [2.75, 3.05) is 7.11 Å². The standard InChI is InChI=1S/C26H23N3O6/c1-34-22-10-15(4-9-21(22)35-13-14-2-5-16(6-3-14)29(32)33)12-27-28-25(30)23-17-7-8-18(20-11-19(17)20)24(23)26(28)31/h2-10,12,17-20,23-24H,11,13H2,1H3/b27-12+/t17-,18-,19-,20-,23-,24+/m1/s1. The quantitative estimate of drug-likeness (QED) is 0.200. The molecule has 35 heavy (non-hydrogen) atoms. The summed E-state index contributed by atoms with van der Waals surface area (Å²) in [6.45, 7) is 0.208. The number of nitrogens with zero attached hydrogens (tertiary/aromatic N) is 3. The van der Waals surface area contributed by atoms with Crippen LogP contribution in [0.3, 0.4) is 0 Å². The van der Waals surface area contributed by atoms with Crippen LogP contribution in [0.15, 0.2) is 59.7 Å². The first-order valence-electron chi connectivity index (χ1n) is 11.6. The van der Waals surface area contributed by atoms with Gasteiger partial charge >= 0.3 is 0 Å². The van der Waals surface area contributed by atoms with Crippen molar-refractivity contribution < 1.29 is 24.0 Å². The average molecular weight is 473 g/mol. The van der Waals surface area contributed by atoms with Gasteiger partial charge in [-0.05, 0) is 71.6 Å². The molecule has 2 amide bonds. The van der Waals surface area contributed by atoms with E-state index in [1.807, 2.05) is 0 Å². The monoisotopic (exact) mass is 473 g/mol. The van der Waals surface area contributed by atoms with E-state index in [-0.39, 0.29) is 47.8 Å². The zero-order chi connectivity index (χ0) is 24.3. The molecule has 0 spiro atoms. The lowest BCUT2D eigenvalue weighted by Crippen LogP contribution is -2.40. The van der Waals surface area contributed by atoms with Gasteiger partial charge in [0.15, 0.2) is 11.5 Å². The number of carbonyl (C=O) groups excluding carboxylic acids is 2. The minimum absolute atomic E-state index is 0.0184. The van der Waals surface area contributed by atoms with Gasteiger partial charge in [0.25, 0.3) is 17.5 Å². The first-order chi connectivity index (χ1) is 17.0. The van der Waals surface area contributed by atoms with Crippen molar-refractivity contribution in [3.05, 3.63) is 75.9 Å². The summed E-state index contributed by atoms with van der Waals surface area (Å²) >= 11 is 0. The zero-order valence-corrected chi connectivity index (χ0v) is 18.9. The van der Waals surface area contributed by atoms with Crippen molar-refractivity contribution in [3.8, 4) is 11.5 Å². The van der Waals surface area contributed by atoms with Crippen molar-refractivity contribution >= 4 is 23.7 Å². The van der Waals surface area contributed by atoms with Gasteiger partial charge in [0.05, 0.1) is 30.1 Å². The van der Waals surface area contributed by atoms with Crippen LogP contribution < -0.4 is 9.47 Å². The van der Waals surface area contributed by atoms with Gasteiger partial charge in [-0.1, -0.05) is 12.2 Å². The van der Waals surface area contributed by atoms with Crippen LogP contribution in [0.1, 0.15) is 17.5 Å². The fraction of sp³-hybridized carbons (Fsp3) is 0.346. The van der Waals surface area contributed by atoms with Crippen molar-refractivity contribution in [2.24, 2.45) is 40.6 Å². The number of carbonyl (C=O) groups is 2. The van der Waals surface area contributed by atoms with Gasteiger partial charge in [0.2, 0.25) is 0 Å². The maximum Gasteiger partial charge on any atom is 0.269 e. The van der Waals surface area contributed by atoms with Gasteiger partial charge in [-0.25, -0.2) is 0 Å². The molecule has 1 aliphatic heterocycles. The van der Waals surface area contributed by atoms with Gasteiger partial charge in [0, 0.05) is 12.1 Å². The number of ether oxygens (including phenoxy) is 2. The second kappa shape index (κ2) is 8.04. The van der Waals surface area contributed by atoms with Crippen LogP contribution in [0.25, 0.3) is 0 Å². The van der Waals surface area contributed by atoms with Gasteiger partial charge in [-0.2, -0.15) is 10.1 Å². The number of hydrogen-bond acceptors (Lipinski definition) is 7. The molecule has 1 saturated heterocycles. The molecule has 2 aromatic rings. The number of amides is 2. The molecule has 9 heteroatoms. The summed E-state index contributed by atoms with van der Waals surface area (Å²) in [5.41, 5.74) is 1.45. The Morgan fingerprint density at radius 1 is 1.03 bits per heavy atom. The van der Waals surface area contributed by atoms with Crippen LogP contribution in [0, 0.1) is 45.6 Å². The Labute approximate surface area is 201 Å². The SMILES string of the molecule is COc1cc(/C=N/N2C(=O)[C@@H]3[C@@H]4C=C[C@H]([C@H]5C[C@H]45)[C@@H]3C2=O)ccc1OCc1ccc([N+](=O)[O-])cc1. The number of benzene rings is 2. The van der Waals surface area contributed by atoms with Crippen molar-refractivity contribution in [1.82, 2.24) is 5.01 Å². The fourth-order valence-corrected chi connectivity index (χ4v) is 5.94. The van der Waals surface area contributed by atoms with Gasteiger partial charge in [-0.15, -0.1) is 0 Å². The molecule has 1 heterocycles. The number of rotatable bonds is 7. The van der Waals surface area contributed by atoms with Crippen LogP contribution >= 0.6 is 0 Å². The number of imide groups is 1. The maximum atomic E-state index is 13.1. The minimum atomic E-state index is -0.450. The predicted molar refractivity (Wildman–Crippen MR) is 125 cm³/mol. The van der Waals surface area contributed by atoms with E-state index in [9.17, 15) is 19.7 Å². The van der Waals surface area contributed by atoms with Gasteiger partial charge in [0.1, 0.15) is 6.61 Å². The number of allylic oxidation sites excluding steroid dienone is 2. The van der Waals surface area contributed by atoms with E-state index >= 15 is 0 Å². The van der Waals surface area contributed by atoms with Crippen molar-refractivity contribution in [1.29, 1.82) is 0 Å². The summed E-state index contributed by atoms with van der Waals surface area (Å²) < 4.78 is 11.3. The Hall–Kier alpha value is -4.01. The maximum absolute atomic E-state index is 13.1. The molecule has 6 atom stereocenters. The third-order valence-corrected chi connectivity index (χ3v) is 7.69. The molecule has 2 aromatic carbocycles. The molecule has 9 nitrogen and oxygen atoms in total. The third-order valence-electron chi connectivity index (χ3n) is 7.69. The topological polar surface area (TPSA) is 111 Å². The first-order valence-corrected chi connectivity index (χ1v) is 11.6. The zero-order valence-electron chi connectivity index (χ0n) is 18.9. The third kappa shape index (κ3) is 3.50. The molecule has 2 bridgehead atoms. The smallest absolute Gasteiger partial charge is 0.269 e. The summed E-state index contributed by atoms with van der Waals surface area (Å²) in [7, 11) is 1.52. The Morgan fingerprint density at radius 2 is 1.69 bits per heavy atom. The highest BCUT2D eigenvalue weighted by atomic mass is 16.6. The normalized spacial score (nSPS) is 29.9. The second-order valence-electron chi connectivity index (χ2n) is 9.51. The lowest BCUT2D eigenvalue weighted by Gasteiger charge is -2.37. The summed E-state index contributed by atoms with van der Waals surface area (Å²) in [4.78, 5) is 36.5. The fourth-order valence-electron chi connectivity index (χ4n) is 5.94. The van der Waals surface area contributed by atoms with E-state index in [0.29, 0.717) is 28.9 Å². The van der Waals surface area contributed by atoms with Crippen molar-refractivity contribution in [2.45, 2.75) is 13.0 Å². The highest BCUT2D eigenvalue weighted by Gasteiger charge is 2.67. The lowest BCUT2D eigenvalue weighted by atomic mass is 9.63. The second-order valence-corrected chi connectivity index (χ2v) is 9.51. The van der Waals surface area contributed by atoms with E-state index in [0.717, 1.165) is 17.0 Å². The summed E-state index contributed by atoms with van der Waals surface area (Å²) in [6, 6.07) is 11.3. The van der Waals surface area contributed by atoms with E-state index in [1.54, 1.807) is 30.3 Å². The number of nitro groups is 1. The van der Waals surface area contributed by atoms with E-state index in [1.165, 1.54) is 25.5 Å². The number of hydrazone groups is 1. The first kappa shape index (κ1) is 21.5. The van der Waals surface area contributed by atoms with Crippen LogP contribution in [0.2, 0.25) is 0 Å². The molecule has 4 aliphatic carbocycles. The summed E-state index contributed by atoms with van der Waals surface area (Å²) in [5.74, 6) is 1.44. The van der Waals surface area contributed by atoms with Crippen LogP contribution in [-0.4, -0.2) is 35.1 Å². The highest BCUT2D eigenvalue weighted by molar-refractivity contribution is 6.06. The molecule has 7 rings (SSSR count). The van der Waals surface area contributed by atoms with Crippen molar-refractivity contribution in [3.63, 3.8) is 0 Å². The van der Waals surface area contributed by atoms with Crippen LogP contribution in [0.4, 0.5) is 5.69 Å². The summed E-state index contributed by atoms with van der Waals surface area (Å²) in [6.07, 6.45) is 6.89. The van der Waals surface area contributed by atoms with Gasteiger partial charge < -0.3 is 9.47 Å². The average Bonchev–Trinajstić information content (AvgIpc) is 3.66. The Morgan fingerprint density at radius 3 is 2.29 bits per heavy atom. The molecular weight excluding hydrogens is 450 g/mol. The minimum Gasteiger partial charge on any atom is -0.493 e. The van der Waals surface area contributed by atoms with E-state index in [2.05, 4.69) is 17.3 Å². The Balaban J connectivity index is 1.15. The Bertz CT molecular complexity index is 1250. The van der Waals surface area contributed by atoms with Gasteiger partial charge in [-0.3, -0.25) is 19.7 Å². The molecule has 5 aliphatic rings. The van der Waals surface area contributed by atoms with Crippen LogP contribution in [0.5, 0.6) is 11.5 Å². The Kier molecular flexibility index (Phi) is 4.94. The molecule has 0 unspecified atom stereocenters. The highest BCUT2D eigenvalue weighted by Crippen LogP contribution is 2.65. The largest absolute Gasteiger partial charge is 0.493 e. The number of hydrogen-bond donors (Lipinski definition) is 0. The predicted octanol–water partition coefficient (Wildman–Crippen LogP) is 3.57. The van der Waals surface area contributed by atoms with Crippen LogP contribution in [-0.2, 0) is 16.2 Å². The molecule has 0 aromatic heterocycles.